The molecule has 0 saturated heterocycles. The van der Waals surface area contributed by atoms with E-state index in [1.54, 1.807) is 31.4 Å². The third kappa shape index (κ3) is 3.89. The predicted molar refractivity (Wildman–Crippen MR) is 117 cm³/mol. The standard InChI is InChI=1S/C19H19ClN4O2S2/c1-11-7-16(24-28(25,26)15-6-4-5-14(20)8-15)17-12(2)18(27-19(17)23-11)13(9-21)10-22-3/h4-10,21-22H,1-3H3,(H,23,24)/b13-10+,21-9?. The minimum absolute atomic E-state index is 0.0889. The largest absolute Gasteiger partial charge is 0.393 e. The zero-order valence-corrected chi connectivity index (χ0v) is 17.9. The Labute approximate surface area is 172 Å². The summed E-state index contributed by atoms with van der Waals surface area (Å²) in [5, 5.41) is 11.7. The van der Waals surface area contributed by atoms with Gasteiger partial charge in [-0.2, -0.15) is 0 Å². The van der Waals surface area contributed by atoms with Gasteiger partial charge in [0.05, 0.1) is 10.6 Å². The van der Waals surface area contributed by atoms with Crippen LogP contribution in [0, 0.1) is 19.3 Å². The van der Waals surface area contributed by atoms with Crippen LogP contribution in [0.4, 0.5) is 5.69 Å². The Hall–Kier alpha value is -2.42. The van der Waals surface area contributed by atoms with Crippen LogP contribution in [0.25, 0.3) is 15.8 Å². The fourth-order valence-corrected chi connectivity index (χ4v) is 5.49. The average molecular weight is 435 g/mol. The van der Waals surface area contributed by atoms with Crippen LogP contribution in [0.2, 0.25) is 5.02 Å². The zero-order chi connectivity index (χ0) is 20.5. The predicted octanol–water partition coefficient (Wildman–Crippen LogP) is 4.58. The van der Waals surface area contributed by atoms with Crippen LogP contribution in [0.3, 0.4) is 0 Å². The average Bonchev–Trinajstić information content (AvgIpc) is 2.95. The van der Waals surface area contributed by atoms with Crippen molar-refractivity contribution >= 4 is 60.7 Å². The van der Waals surface area contributed by atoms with Gasteiger partial charge in [-0.05, 0) is 43.7 Å². The van der Waals surface area contributed by atoms with Gasteiger partial charge in [-0.1, -0.05) is 17.7 Å². The van der Waals surface area contributed by atoms with Crippen molar-refractivity contribution in [3.63, 3.8) is 0 Å². The molecule has 3 aromatic rings. The first-order valence-corrected chi connectivity index (χ1v) is 11.0. The van der Waals surface area contributed by atoms with Gasteiger partial charge in [0, 0.05) is 46.0 Å². The van der Waals surface area contributed by atoms with Crippen LogP contribution < -0.4 is 10.0 Å². The first kappa shape index (κ1) is 20.3. The summed E-state index contributed by atoms with van der Waals surface area (Å²) in [6, 6.07) is 7.83. The zero-order valence-electron chi connectivity index (χ0n) is 15.5. The maximum absolute atomic E-state index is 12.9. The van der Waals surface area contributed by atoms with Crippen molar-refractivity contribution in [3.8, 4) is 0 Å². The number of benzene rings is 1. The minimum Gasteiger partial charge on any atom is -0.393 e. The third-order valence-electron chi connectivity index (χ3n) is 4.10. The van der Waals surface area contributed by atoms with Gasteiger partial charge in [-0.25, -0.2) is 13.4 Å². The summed E-state index contributed by atoms with van der Waals surface area (Å²) >= 11 is 7.37. The molecule has 0 saturated carbocycles. The molecule has 28 heavy (non-hydrogen) atoms. The molecular formula is C19H19ClN4O2S2. The number of thiophene rings is 1. The molecule has 0 unspecified atom stereocenters. The molecule has 6 nitrogen and oxygen atoms in total. The number of aryl methyl sites for hydroxylation is 2. The molecule has 0 fully saturated rings. The maximum Gasteiger partial charge on any atom is 0.261 e. The van der Waals surface area contributed by atoms with E-state index in [0.717, 1.165) is 15.8 Å². The second kappa shape index (κ2) is 7.90. The van der Waals surface area contributed by atoms with E-state index in [9.17, 15) is 8.42 Å². The summed E-state index contributed by atoms with van der Waals surface area (Å²) in [6.07, 6.45) is 2.99. The number of hydrogen-bond donors (Lipinski definition) is 3. The minimum atomic E-state index is -3.82. The van der Waals surface area contributed by atoms with Crippen LogP contribution in [-0.2, 0) is 10.0 Å². The van der Waals surface area contributed by atoms with E-state index >= 15 is 0 Å². The van der Waals surface area contributed by atoms with E-state index < -0.39 is 10.0 Å². The first-order chi connectivity index (χ1) is 13.3. The number of rotatable bonds is 6. The molecule has 1 aromatic carbocycles. The van der Waals surface area contributed by atoms with E-state index in [1.807, 2.05) is 13.8 Å². The van der Waals surface area contributed by atoms with Gasteiger partial charge in [0.15, 0.2) is 0 Å². The highest BCUT2D eigenvalue weighted by molar-refractivity contribution is 7.92. The van der Waals surface area contributed by atoms with Crippen LogP contribution >= 0.6 is 22.9 Å². The van der Waals surface area contributed by atoms with Gasteiger partial charge in [0.25, 0.3) is 10.0 Å². The van der Waals surface area contributed by atoms with Gasteiger partial charge in [-0.15, -0.1) is 11.3 Å². The van der Waals surface area contributed by atoms with E-state index in [0.29, 0.717) is 26.8 Å². The molecule has 0 atom stereocenters. The fourth-order valence-electron chi connectivity index (χ4n) is 2.89. The number of pyridine rings is 1. The quantitative estimate of drug-likeness (QED) is 0.495. The van der Waals surface area contributed by atoms with Crippen LogP contribution in [0.15, 0.2) is 41.4 Å². The summed E-state index contributed by atoms with van der Waals surface area (Å²) in [7, 11) is -2.05. The second-order valence-electron chi connectivity index (χ2n) is 6.14. The van der Waals surface area contributed by atoms with Crippen LogP contribution in [-0.4, -0.2) is 26.7 Å². The Morgan fingerprint density at radius 3 is 2.68 bits per heavy atom. The molecule has 2 heterocycles. The van der Waals surface area contributed by atoms with Gasteiger partial charge in [-0.3, -0.25) is 4.72 Å². The highest BCUT2D eigenvalue weighted by Crippen LogP contribution is 2.38. The SMILES string of the molecule is CN/C=C(\C=N)c1sc2nc(C)cc(NS(=O)(=O)c3cccc(Cl)c3)c2c1C. The smallest absolute Gasteiger partial charge is 0.261 e. The number of hydrogen-bond acceptors (Lipinski definition) is 6. The van der Waals surface area contributed by atoms with E-state index in [4.69, 9.17) is 17.0 Å². The summed E-state index contributed by atoms with van der Waals surface area (Å²) in [5.41, 5.74) is 2.71. The lowest BCUT2D eigenvalue weighted by Crippen LogP contribution is -2.13. The molecule has 0 radical (unpaired) electrons. The fraction of sp³-hybridized carbons (Fsp3) is 0.158. The lowest BCUT2D eigenvalue weighted by atomic mass is 10.1. The molecule has 0 aliphatic rings. The lowest BCUT2D eigenvalue weighted by Gasteiger charge is -2.11. The maximum atomic E-state index is 12.9. The number of fused-ring (bicyclic) bond motifs is 1. The Kier molecular flexibility index (Phi) is 5.74. The van der Waals surface area contributed by atoms with E-state index in [2.05, 4.69) is 15.0 Å². The molecule has 0 amide bonds. The second-order valence-corrected chi connectivity index (χ2v) is 9.26. The normalized spacial score (nSPS) is 12.2. The molecule has 0 spiro atoms. The summed E-state index contributed by atoms with van der Waals surface area (Å²) < 4.78 is 28.4. The number of anilines is 1. The summed E-state index contributed by atoms with van der Waals surface area (Å²) in [4.78, 5) is 6.21. The van der Waals surface area contributed by atoms with Crippen molar-refractivity contribution in [2.75, 3.05) is 11.8 Å². The molecule has 9 heteroatoms. The molecular weight excluding hydrogens is 416 g/mol. The Morgan fingerprint density at radius 1 is 1.29 bits per heavy atom. The Bertz CT molecular complexity index is 1200. The van der Waals surface area contributed by atoms with Crippen molar-refractivity contribution in [1.29, 1.82) is 5.41 Å². The third-order valence-corrected chi connectivity index (χ3v) is 6.93. The molecule has 3 rings (SSSR count). The lowest BCUT2D eigenvalue weighted by molar-refractivity contribution is 0.601. The first-order valence-electron chi connectivity index (χ1n) is 8.34. The highest BCUT2D eigenvalue weighted by atomic mass is 35.5. The topological polar surface area (TPSA) is 94.9 Å². The van der Waals surface area contributed by atoms with Crippen molar-refractivity contribution in [1.82, 2.24) is 10.3 Å². The highest BCUT2D eigenvalue weighted by Gasteiger charge is 2.21. The van der Waals surface area contributed by atoms with Crippen LogP contribution in [0.5, 0.6) is 0 Å². The van der Waals surface area contributed by atoms with Crippen molar-refractivity contribution in [2.45, 2.75) is 18.7 Å². The number of nitrogens with zero attached hydrogens (tertiary/aromatic N) is 1. The molecule has 0 bridgehead atoms. The number of allylic oxidation sites excluding steroid dienone is 1. The number of nitrogens with one attached hydrogen (secondary N) is 3. The molecule has 3 N–H and O–H groups in total. The number of halogens is 1. The van der Waals surface area contributed by atoms with Gasteiger partial charge >= 0.3 is 0 Å². The van der Waals surface area contributed by atoms with Crippen LogP contribution in [0.1, 0.15) is 16.1 Å². The summed E-state index contributed by atoms with van der Waals surface area (Å²) in [6.45, 7) is 3.71. The van der Waals surface area contributed by atoms with E-state index in [1.165, 1.54) is 29.7 Å². The Balaban J connectivity index is 2.17. The van der Waals surface area contributed by atoms with Gasteiger partial charge in [0.1, 0.15) is 4.83 Å². The Morgan fingerprint density at radius 2 is 2.04 bits per heavy atom. The van der Waals surface area contributed by atoms with Crippen molar-refractivity contribution in [2.24, 2.45) is 0 Å². The molecule has 0 aliphatic heterocycles. The number of sulfonamides is 1. The monoisotopic (exact) mass is 434 g/mol. The molecule has 2 aromatic heterocycles. The van der Waals surface area contributed by atoms with Gasteiger partial charge in [0.2, 0.25) is 0 Å². The van der Waals surface area contributed by atoms with Crippen molar-refractivity contribution in [3.05, 3.63) is 57.7 Å². The molecule has 146 valence electrons. The molecule has 0 aliphatic carbocycles. The van der Waals surface area contributed by atoms with E-state index in [-0.39, 0.29) is 4.90 Å². The summed E-state index contributed by atoms with van der Waals surface area (Å²) in [5.74, 6) is 0. The number of aromatic nitrogens is 1. The van der Waals surface area contributed by atoms with Gasteiger partial charge < -0.3 is 10.7 Å². The van der Waals surface area contributed by atoms with Crippen molar-refractivity contribution < 1.29 is 8.42 Å².